The molecule has 1 aromatic heterocycles. The molecule has 1 N–H and O–H groups in total. The Morgan fingerprint density at radius 3 is 2.37 bits per heavy atom. The van der Waals surface area contributed by atoms with Crippen LogP contribution in [0.1, 0.15) is 28.1 Å². The lowest BCUT2D eigenvalue weighted by Crippen LogP contribution is -2.54. The van der Waals surface area contributed by atoms with Crippen molar-refractivity contribution in [2.45, 2.75) is 27.7 Å². The predicted molar refractivity (Wildman–Crippen MR) is 132 cm³/mol. The third kappa shape index (κ3) is 4.10. The van der Waals surface area contributed by atoms with Crippen LogP contribution in [-0.4, -0.2) is 27.3 Å². The minimum absolute atomic E-state index is 0.0124. The second-order valence-corrected chi connectivity index (χ2v) is 8.64. The topological polar surface area (TPSA) is 115 Å². The number of barbiturate groups is 1. The molecule has 0 radical (unpaired) electrons. The fourth-order valence-corrected chi connectivity index (χ4v) is 4.35. The number of nitrogens with one attached hydrogen (secondary N) is 1. The van der Waals surface area contributed by atoms with Crippen molar-refractivity contribution in [3.05, 3.63) is 91.3 Å². The number of halogens is 1. The van der Waals surface area contributed by atoms with Gasteiger partial charge in [-0.2, -0.15) is 0 Å². The van der Waals surface area contributed by atoms with Gasteiger partial charge in [0.25, 0.3) is 17.5 Å². The number of hydrogen-bond donors (Lipinski definition) is 1. The lowest BCUT2D eigenvalue weighted by atomic mass is 10.1. The molecular weight excluding hydrogens is 472 g/mol. The Balaban J connectivity index is 1.79. The van der Waals surface area contributed by atoms with E-state index < -0.39 is 22.8 Å². The van der Waals surface area contributed by atoms with Crippen molar-refractivity contribution in [2.75, 3.05) is 4.90 Å². The first-order chi connectivity index (χ1) is 16.5. The predicted octanol–water partition coefficient (Wildman–Crippen LogP) is 4.94. The number of anilines is 1. The van der Waals surface area contributed by atoms with E-state index in [4.69, 9.17) is 11.6 Å². The first-order valence-corrected chi connectivity index (χ1v) is 11.0. The molecule has 0 atom stereocenters. The maximum absolute atomic E-state index is 13.3. The van der Waals surface area contributed by atoms with Crippen molar-refractivity contribution in [3.8, 4) is 5.69 Å². The van der Waals surface area contributed by atoms with Crippen LogP contribution in [0.3, 0.4) is 0 Å². The molecule has 0 spiro atoms. The lowest BCUT2D eigenvalue weighted by Gasteiger charge is -2.27. The van der Waals surface area contributed by atoms with Crippen LogP contribution in [0.5, 0.6) is 0 Å². The van der Waals surface area contributed by atoms with E-state index in [1.54, 1.807) is 44.2 Å². The van der Waals surface area contributed by atoms with E-state index in [2.05, 4.69) is 5.32 Å². The average Bonchev–Trinajstić information content (AvgIpc) is 3.06. The molecule has 178 valence electrons. The van der Waals surface area contributed by atoms with Gasteiger partial charge in [-0.3, -0.25) is 25.0 Å². The Morgan fingerprint density at radius 2 is 1.71 bits per heavy atom. The van der Waals surface area contributed by atoms with E-state index in [0.29, 0.717) is 21.7 Å². The molecule has 2 aromatic carbocycles. The summed E-state index contributed by atoms with van der Waals surface area (Å²) in [5.74, 6) is -1.56. The molecule has 0 aliphatic carbocycles. The highest BCUT2D eigenvalue weighted by molar-refractivity contribution is 6.40. The maximum atomic E-state index is 13.3. The van der Waals surface area contributed by atoms with E-state index in [9.17, 15) is 24.5 Å². The van der Waals surface area contributed by atoms with Gasteiger partial charge >= 0.3 is 6.03 Å². The number of nitrogens with zero attached hydrogens (tertiary/aromatic N) is 3. The molecule has 4 amide bonds. The molecule has 9 nitrogen and oxygen atoms in total. The van der Waals surface area contributed by atoms with Gasteiger partial charge in [0.2, 0.25) is 0 Å². The van der Waals surface area contributed by atoms with E-state index in [1.165, 1.54) is 18.2 Å². The molecule has 0 unspecified atom stereocenters. The fourth-order valence-electron chi connectivity index (χ4n) is 4.18. The molecule has 0 bridgehead atoms. The summed E-state index contributed by atoms with van der Waals surface area (Å²) in [5, 5.41) is 13.7. The van der Waals surface area contributed by atoms with Crippen molar-refractivity contribution < 1.29 is 19.3 Å². The van der Waals surface area contributed by atoms with E-state index in [-0.39, 0.29) is 16.9 Å². The van der Waals surface area contributed by atoms with Gasteiger partial charge in [0.15, 0.2) is 0 Å². The average molecular weight is 493 g/mol. The molecule has 35 heavy (non-hydrogen) atoms. The summed E-state index contributed by atoms with van der Waals surface area (Å²) in [4.78, 5) is 50.0. The van der Waals surface area contributed by atoms with Crippen molar-refractivity contribution >= 4 is 46.9 Å². The third-order valence-electron chi connectivity index (χ3n) is 5.98. The number of nitro groups is 1. The molecular formula is C25H21ClN4O5. The molecule has 1 fully saturated rings. The fraction of sp³-hybridized carbons (Fsp3) is 0.160. The molecule has 1 aliphatic heterocycles. The summed E-state index contributed by atoms with van der Waals surface area (Å²) in [6.07, 6.45) is 1.44. The van der Waals surface area contributed by atoms with Crippen LogP contribution in [0.15, 0.2) is 48.0 Å². The van der Waals surface area contributed by atoms with Gasteiger partial charge in [0.05, 0.1) is 10.6 Å². The highest BCUT2D eigenvalue weighted by atomic mass is 35.5. The highest BCUT2D eigenvalue weighted by Gasteiger charge is 2.37. The first-order valence-electron chi connectivity index (χ1n) is 10.6. The third-order valence-corrected chi connectivity index (χ3v) is 6.39. The zero-order valence-electron chi connectivity index (χ0n) is 19.4. The van der Waals surface area contributed by atoms with Gasteiger partial charge < -0.3 is 4.57 Å². The number of nitro benzene ring substituents is 1. The number of non-ortho nitro benzene ring substituents is 1. The van der Waals surface area contributed by atoms with Crippen LogP contribution in [0, 0.1) is 37.8 Å². The maximum Gasteiger partial charge on any atom is 0.335 e. The normalized spacial score (nSPS) is 15.1. The number of rotatable bonds is 4. The number of hydrogen-bond acceptors (Lipinski definition) is 5. The van der Waals surface area contributed by atoms with Crippen LogP contribution in [0.4, 0.5) is 16.2 Å². The largest absolute Gasteiger partial charge is 0.335 e. The van der Waals surface area contributed by atoms with Crippen LogP contribution < -0.4 is 10.2 Å². The Bertz CT molecular complexity index is 1470. The quantitative estimate of drug-likeness (QED) is 0.240. The van der Waals surface area contributed by atoms with Gasteiger partial charge in [-0.1, -0.05) is 17.7 Å². The molecule has 10 heteroatoms. The van der Waals surface area contributed by atoms with Crippen molar-refractivity contribution in [1.82, 2.24) is 9.88 Å². The minimum Gasteiger partial charge on any atom is -0.318 e. The van der Waals surface area contributed by atoms with Gasteiger partial charge in [-0.15, -0.1) is 0 Å². The van der Waals surface area contributed by atoms with Gasteiger partial charge in [-0.25, -0.2) is 9.69 Å². The van der Waals surface area contributed by atoms with Gasteiger partial charge in [0.1, 0.15) is 5.57 Å². The van der Waals surface area contributed by atoms with Crippen LogP contribution in [0.2, 0.25) is 5.02 Å². The number of aromatic nitrogens is 1. The molecule has 3 aromatic rings. The second-order valence-electron chi connectivity index (χ2n) is 8.23. The summed E-state index contributed by atoms with van der Waals surface area (Å²) in [5.41, 5.74) is 4.13. The Kier molecular flexibility index (Phi) is 6.04. The smallest absolute Gasteiger partial charge is 0.318 e. The molecule has 2 heterocycles. The summed E-state index contributed by atoms with van der Waals surface area (Å²) in [6, 6.07) is 10.4. The van der Waals surface area contributed by atoms with Crippen molar-refractivity contribution in [2.24, 2.45) is 0 Å². The first kappa shape index (κ1) is 23.9. The van der Waals surface area contributed by atoms with Crippen molar-refractivity contribution in [1.29, 1.82) is 0 Å². The number of urea groups is 1. The number of carbonyl (C=O) groups excluding carboxylic acids is 3. The van der Waals surface area contributed by atoms with Gasteiger partial charge in [0, 0.05) is 34.2 Å². The standard InChI is InChI=1S/C25H21ClN4O5/c1-13-10-18(30(34)35)8-9-21(13)28-14(2)11-17(16(28)4)12-19-23(31)27-25(33)29(24(19)32)22-7-5-6-20(26)15(22)3/h5-12H,1-4H3,(H,27,31,33)/b19-12+. The van der Waals surface area contributed by atoms with E-state index in [1.807, 2.05) is 18.4 Å². The van der Waals surface area contributed by atoms with Gasteiger partial charge in [-0.05, 0) is 74.7 Å². The minimum atomic E-state index is -0.852. The number of imide groups is 2. The Hall–Kier alpha value is -4.24. The van der Waals surface area contributed by atoms with Crippen LogP contribution in [-0.2, 0) is 9.59 Å². The van der Waals surface area contributed by atoms with E-state index >= 15 is 0 Å². The summed E-state index contributed by atoms with van der Waals surface area (Å²) in [6.45, 7) is 7.12. The SMILES string of the molecule is Cc1cc([N+](=O)[O-])ccc1-n1c(C)cc(/C=C2\C(=O)NC(=O)N(c3cccc(Cl)c3C)C2=O)c1C. The van der Waals surface area contributed by atoms with Crippen LogP contribution in [0.25, 0.3) is 11.8 Å². The number of aryl methyl sites for hydroxylation is 2. The van der Waals surface area contributed by atoms with E-state index in [0.717, 1.165) is 22.0 Å². The molecule has 4 rings (SSSR count). The molecule has 0 saturated carbocycles. The van der Waals surface area contributed by atoms with Crippen molar-refractivity contribution in [3.63, 3.8) is 0 Å². The van der Waals surface area contributed by atoms with Crippen LogP contribution >= 0.6 is 11.6 Å². The number of benzene rings is 2. The Morgan fingerprint density at radius 1 is 1.00 bits per heavy atom. The second kappa shape index (κ2) is 8.84. The zero-order chi connectivity index (χ0) is 25.6. The summed E-state index contributed by atoms with van der Waals surface area (Å²) >= 11 is 6.17. The molecule has 1 saturated heterocycles. The summed E-state index contributed by atoms with van der Waals surface area (Å²) in [7, 11) is 0. The lowest BCUT2D eigenvalue weighted by molar-refractivity contribution is -0.384. The number of amides is 4. The summed E-state index contributed by atoms with van der Waals surface area (Å²) < 4.78 is 1.89. The molecule has 1 aliphatic rings. The monoisotopic (exact) mass is 492 g/mol. The zero-order valence-corrected chi connectivity index (χ0v) is 20.1. The Labute approximate surface area is 205 Å². The highest BCUT2D eigenvalue weighted by Crippen LogP contribution is 2.31. The number of carbonyl (C=O) groups is 3.